The zero-order valence-corrected chi connectivity index (χ0v) is 13.5. The predicted octanol–water partition coefficient (Wildman–Crippen LogP) is 6.19. The monoisotopic (exact) mass is 304 g/mol. The molecule has 0 aliphatic rings. The summed E-state index contributed by atoms with van der Waals surface area (Å²) in [6.07, 6.45) is 3.00. The van der Waals surface area contributed by atoms with Crippen molar-refractivity contribution in [3.63, 3.8) is 0 Å². The third kappa shape index (κ3) is 3.50. The molecule has 1 heteroatoms. The van der Waals surface area contributed by atoms with Gasteiger partial charge in [-0.1, -0.05) is 60.7 Å². The van der Waals surface area contributed by atoms with Gasteiger partial charge in [-0.25, -0.2) is 4.39 Å². The van der Waals surface area contributed by atoms with Crippen LogP contribution in [0.5, 0.6) is 0 Å². The van der Waals surface area contributed by atoms with Gasteiger partial charge in [-0.2, -0.15) is 0 Å². The van der Waals surface area contributed by atoms with Crippen molar-refractivity contribution in [2.45, 2.75) is 26.2 Å². The molecule has 0 unspecified atom stereocenters. The number of fused-ring (bicyclic) bond motifs is 1. The first-order chi connectivity index (χ1) is 11.1. The number of hydrogen-bond acceptors (Lipinski definition) is 0. The number of halogens is 1. The molecular formula is C22H21F. The lowest BCUT2D eigenvalue weighted by molar-refractivity contribution is 0.626. The summed E-state index contributed by atoms with van der Waals surface area (Å²) in [6, 6.07) is 19.7. The van der Waals surface area contributed by atoms with Gasteiger partial charge in [0.2, 0.25) is 0 Å². The van der Waals surface area contributed by atoms with Gasteiger partial charge in [0.1, 0.15) is 5.82 Å². The van der Waals surface area contributed by atoms with Crippen LogP contribution in [0.1, 0.15) is 30.0 Å². The van der Waals surface area contributed by atoms with E-state index in [9.17, 15) is 4.39 Å². The molecule has 3 rings (SSSR count). The molecule has 23 heavy (non-hydrogen) atoms. The van der Waals surface area contributed by atoms with Crippen molar-refractivity contribution in [1.29, 1.82) is 0 Å². The molecule has 0 saturated carbocycles. The van der Waals surface area contributed by atoms with E-state index in [0.717, 1.165) is 24.8 Å². The van der Waals surface area contributed by atoms with Crippen molar-refractivity contribution in [3.8, 4) is 0 Å². The van der Waals surface area contributed by atoms with Crippen molar-refractivity contribution in [3.05, 3.63) is 89.8 Å². The number of hydrogen-bond donors (Lipinski definition) is 0. The van der Waals surface area contributed by atoms with Crippen molar-refractivity contribution in [1.82, 2.24) is 0 Å². The van der Waals surface area contributed by atoms with E-state index in [0.29, 0.717) is 0 Å². The topological polar surface area (TPSA) is 0 Å². The van der Waals surface area contributed by atoms with Gasteiger partial charge in [0.25, 0.3) is 0 Å². The van der Waals surface area contributed by atoms with Crippen molar-refractivity contribution >= 4 is 16.3 Å². The Morgan fingerprint density at radius 3 is 2.39 bits per heavy atom. The zero-order valence-electron chi connectivity index (χ0n) is 13.5. The smallest absolute Gasteiger partial charge is 0.123 e. The molecule has 0 aliphatic carbocycles. The average Bonchev–Trinajstić information content (AvgIpc) is 2.56. The normalized spacial score (nSPS) is 10.9. The van der Waals surface area contributed by atoms with Crippen molar-refractivity contribution in [2.75, 3.05) is 0 Å². The number of rotatable bonds is 5. The fourth-order valence-electron chi connectivity index (χ4n) is 3.13. The maximum absolute atomic E-state index is 13.0. The zero-order chi connectivity index (χ0) is 16.2. The van der Waals surface area contributed by atoms with E-state index >= 15 is 0 Å². The standard InChI is InChI=1S/C22H21F/c1-16(2)20-15-12-18-7-3-4-8-21(18)22(20)9-5-6-17-10-13-19(23)14-11-17/h3-4,7-8,10-15H,1,5-6,9H2,2H3. The van der Waals surface area contributed by atoms with Gasteiger partial charge >= 0.3 is 0 Å². The molecular weight excluding hydrogens is 283 g/mol. The second-order valence-electron chi connectivity index (χ2n) is 6.07. The van der Waals surface area contributed by atoms with Gasteiger partial charge in [0.05, 0.1) is 0 Å². The fourth-order valence-corrected chi connectivity index (χ4v) is 3.13. The summed E-state index contributed by atoms with van der Waals surface area (Å²) < 4.78 is 13.0. The minimum Gasteiger partial charge on any atom is -0.207 e. The summed E-state index contributed by atoms with van der Waals surface area (Å²) in [5.41, 5.74) is 4.91. The third-order valence-corrected chi connectivity index (χ3v) is 4.31. The number of aryl methyl sites for hydroxylation is 2. The van der Waals surface area contributed by atoms with Gasteiger partial charge in [-0.3, -0.25) is 0 Å². The molecule has 0 radical (unpaired) electrons. The van der Waals surface area contributed by atoms with E-state index in [1.807, 2.05) is 12.1 Å². The highest BCUT2D eigenvalue weighted by atomic mass is 19.1. The average molecular weight is 304 g/mol. The Balaban J connectivity index is 1.84. The number of benzene rings is 3. The van der Waals surface area contributed by atoms with Crippen LogP contribution >= 0.6 is 0 Å². The first-order valence-electron chi connectivity index (χ1n) is 8.06. The molecule has 0 aromatic heterocycles. The molecule has 116 valence electrons. The highest BCUT2D eigenvalue weighted by Crippen LogP contribution is 2.28. The van der Waals surface area contributed by atoms with E-state index in [1.54, 1.807) is 0 Å². The summed E-state index contributed by atoms with van der Waals surface area (Å²) in [5, 5.41) is 2.58. The van der Waals surface area contributed by atoms with Gasteiger partial charge in [0.15, 0.2) is 0 Å². The molecule has 0 heterocycles. The van der Waals surface area contributed by atoms with Crippen molar-refractivity contribution < 1.29 is 4.39 Å². The fraction of sp³-hybridized carbons (Fsp3) is 0.182. The van der Waals surface area contributed by atoms with E-state index in [-0.39, 0.29) is 5.82 Å². The summed E-state index contributed by atoms with van der Waals surface area (Å²) in [4.78, 5) is 0. The third-order valence-electron chi connectivity index (χ3n) is 4.31. The molecule has 3 aromatic carbocycles. The van der Waals surface area contributed by atoms with Gasteiger partial charge in [-0.05, 0) is 65.8 Å². The van der Waals surface area contributed by atoms with Crippen LogP contribution in [-0.4, -0.2) is 0 Å². The maximum atomic E-state index is 13.0. The Bertz CT molecular complexity index is 828. The van der Waals surface area contributed by atoms with E-state index in [1.165, 1.54) is 39.6 Å². The van der Waals surface area contributed by atoms with Crippen LogP contribution in [0.15, 0.2) is 67.2 Å². The Morgan fingerprint density at radius 1 is 0.913 bits per heavy atom. The molecule has 0 atom stereocenters. The van der Waals surface area contributed by atoms with Gasteiger partial charge in [0, 0.05) is 0 Å². The van der Waals surface area contributed by atoms with Crippen LogP contribution in [-0.2, 0) is 12.8 Å². The van der Waals surface area contributed by atoms with Gasteiger partial charge in [-0.15, -0.1) is 0 Å². The highest BCUT2D eigenvalue weighted by molar-refractivity contribution is 5.90. The first-order valence-corrected chi connectivity index (χ1v) is 8.06. The quantitative estimate of drug-likeness (QED) is 0.527. The van der Waals surface area contributed by atoms with Crippen LogP contribution in [0.4, 0.5) is 4.39 Å². The molecule has 0 spiro atoms. The Hall–Kier alpha value is -2.41. The Morgan fingerprint density at radius 2 is 1.65 bits per heavy atom. The van der Waals surface area contributed by atoms with Crippen LogP contribution < -0.4 is 0 Å². The largest absolute Gasteiger partial charge is 0.207 e. The predicted molar refractivity (Wildman–Crippen MR) is 97.1 cm³/mol. The minimum atomic E-state index is -0.174. The second-order valence-corrected chi connectivity index (χ2v) is 6.07. The van der Waals surface area contributed by atoms with Crippen LogP contribution in [0, 0.1) is 5.82 Å². The van der Waals surface area contributed by atoms with Crippen molar-refractivity contribution in [2.24, 2.45) is 0 Å². The SMILES string of the molecule is C=C(C)c1ccc2ccccc2c1CCCc1ccc(F)cc1. The molecule has 0 fully saturated rings. The Labute approximate surface area is 137 Å². The van der Waals surface area contributed by atoms with Gasteiger partial charge < -0.3 is 0 Å². The summed E-state index contributed by atoms with van der Waals surface area (Å²) >= 11 is 0. The first kappa shape index (κ1) is 15.5. The van der Waals surface area contributed by atoms with Crippen LogP contribution in [0.2, 0.25) is 0 Å². The molecule has 0 saturated heterocycles. The minimum absolute atomic E-state index is 0.174. The second kappa shape index (κ2) is 6.78. The highest BCUT2D eigenvalue weighted by Gasteiger charge is 2.08. The number of allylic oxidation sites excluding steroid dienone is 1. The molecule has 0 nitrogen and oxygen atoms in total. The maximum Gasteiger partial charge on any atom is 0.123 e. The van der Waals surface area contributed by atoms with Crippen LogP contribution in [0.3, 0.4) is 0 Å². The lowest BCUT2D eigenvalue weighted by Crippen LogP contribution is -1.96. The summed E-state index contributed by atoms with van der Waals surface area (Å²) in [6.45, 7) is 6.19. The molecule has 0 amide bonds. The van der Waals surface area contributed by atoms with Crippen LogP contribution in [0.25, 0.3) is 16.3 Å². The van der Waals surface area contributed by atoms with E-state index in [2.05, 4.69) is 49.9 Å². The lowest BCUT2D eigenvalue weighted by atomic mass is 9.91. The van der Waals surface area contributed by atoms with E-state index in [4.69, 9.17) is 0 Å². The summed E-state index contributed by atoms with van der Waals surface area (Å²) in [7, 11) is 0. The lowest BCUT2D eigenvalue weighted by Gasteiger charge is -2.13. The molecule has 3 aromatic rings. The molecule has 0 aliphatic heterocycles. The summed E-state index contributed by atoms with van der Waals surface area (Å²) in [5.74, 6) is -0.174. The van der Waals surface area contributed by atoms with E-state index < -0.39 is 0 Å². The molecule has 0 N–H and O–H groups in total. The Kier molecular flexibility index (Phi) is 4.57. The molecule has 0 bridgehead atoms.